The van der Waals surface area contributed by atoms with Crippen LogP contribution in [0.15, 0.2) is 36.7 Å². The first kappa shape index (κ1) is 40.7. The van der Waals surface area contributed by atoms with Gasteiger partial charge in [0.25, 0.3) is 11.6 Å². The number of hydrogen-bond acceptors (Lipinski definition) is 12. The van der Waals surface area contributed by atoms with E-state index in [9.17, 15) is 29.4 Å². The molecule has 4 atom stereocenters. The first-order chi connectivity index (χ1) is 16.5. The molecule has 2 aromatic rings. The molecule has 216 valence electrons. The predicted octanol–water partition coefficient (Wildman–Crippen LogP) is -7.78. The van der Waals surface area contributed by atoms with Crippen molar-refractivity contribution in [1.82, 2.24) is 0 Å². The highest BCUT2D eigenvalue weighted by molar-refractivity contribution is 5.82. The lowest BCUT2D eigenvalue weighted by molar-refractivity contribution is -0.360. The molecule has 0 saturated carbocycles. The van der Waals surface area contributed by atoms with Crippen molar-refractivity contribution in [2.24, 2.45) is 0 Å². The van der Waals surface area contributed by atoms with Crippen molar-refractivity contribution < 1.29 is 81.0 Å². The van der Waals surface area contributed by atoms with E-state index in [0.717, 1.165) is 0 Å². The number of rotatable bonds is 6. The molecule has 38 heavy (non-hydrogen) atoms. The zero-order valence-corrected chi connectivity index (χ0v) is 20.1. The minimum absolute atomic E-state index is 0. The van der Waals surface area contributed by atoms with Gasteiger partial charge >= 0.3 is 11.9 Å². The summed E-state index contributed by atoms with van der Waals surface area (Å²) in [5.41, 5.74) is 13.2. The summed E-state index contributed by atoms with van der Waals surface area (Å²) >= 11 is 0. The van der Waals surface area contributed by atoms with E-state index in [2.05, 4.69) is 9.97 Å². The summed E-state index contributed by atoms with van der Waals surface area (Å²) in [5.74, 6) is -6.23. The van der Waals surface area contributed by atoms with E-state index in [1.54, 1.807) is 0 Å². The summed E-state index contributed by atoms with van der Waals surface area (Å²) in [6, 6.07) is 7.72. The molecule has 0 radical (unpaired) electrons. The largest absolute Gasteiger partial charge is 0.547 e. The number of nitrogens with one attached hydrogen (secondary N) is 2. The van der Waals surface area contributed by atoms with Gasteiger partial charge < -0.3 is 61.4 Å². The molecule has 16 N–H and O–H groups in total. The third-order valence-corrected chi connectivity index (χ3v) is 3.55. The second kappa shape index (κ2) is 20.7. The molecular formula is C20H32N4O14. The SMILES string of the molecule is Cc1cc[nH+]c(N)c1.Cc1cc[nH+]c(N)c1.O.O.O=C([O-])[C@H](O)[C@@H](O)C(=O)O.O=C([O-])[C@H](O)[C@@H](O)C(=O)O. The molecule has 2 heterocycles. The lowest BCUT2D eigenvalue weighted by Crippen LogP contribution is -2.46. The number of nitrogen functional groups attached to an aromatic ring is 2. The second-order valence-electron chi connectivity index (χ2n) is 6.74. The van der Waals surface area contributed by atoms with E-state index in [-0.39, 0.29) is 11.0 Å². The number of aromatic nitrogens is 2. The Morgan fingerprint density at radius 1 is 0.684 bits per heavy atom. The maximum atomic E-state index is 9.74. The number of nitrogens with two attached hydrogens (primary N) is 2. The quantitative estimate of drug-likeness (QED) is 0.165. The third-order valence-electron chi connectivity index (χ3n) is 3.55. The van der Waals surface area contributed by atoms with Gasteiger partial charge in [0.2, 0.25) is 0 Å². The van der Waals surface area contributed by atoms with E-state index in [4.69, 9.17) is 42.1 Å². The zero-order chi connectivity index (χ0) is 28.6. The fourth-order valence-electron chi connectivity index (χ4n) is 1.74. The number of carboxylic acid groups (broad SMARTS) is 4. The number of pyridine rings is 2. The highest BCUT2D eigenvalue weighted by Crippen LogP contribution is 1.95. The summed E-state index contributed by atoms with van der Waals surface area (Å²) in [6.07, 6.45) is -5.76. The highest BCUT2D eigenvalue weighted by Gasteiger charge is 2.24. The molecule has 0 aliphatic carbocycles. The summed E-state index contributed by atoms with van der Waals surface area (Å²) < 4.78 is 0. The number of aliphatic carboxylic acids is 4. The van der Waals surface area contributed by atoms with Crippen LogP contribution in [0.3, 0.4) is 0 Å². The number of aromatic amines is 2. The number of carbonyl (C=O) groups is 4. The van der Waals surface area contributed by atoms with Crippen LogP contribution < -0.4 is 31.6 Å². The van der Waals surface area contributed by atoms with Crippen LogP contribution in [0.2, 0.25) is 0 Å². The summed E-state index contributed by atoms with van der Waals surface area (Å²) in [5, 5.41) is 68.3. The number of aryl methyl sites for hydroxylation is 2. The van der Waals surface area contributed by atoms with Gasteiger partial charge in [-0.15, -0.1) is 0 Å². The molecule has 0 aliphatic heterocycles. The summed E-state index contributed by atoms with van der Waals surface area (Å²) in [7, 11) is 0. The van der Waals surface area contributed by atoms with Crippen LogP contribution >= 0.6 is 0 Å². The van der Waals surface area contributed by atoms with Gasteiger partial charge in [0.1, 0.15) is 12.2 Å². The van der Waals surface area contributed by atoms with Gasteiger partial charge in [-0.3, -0.25) is 11.5 Å². The van der Waals surface area contributed by atoms with Crippen LogP contribution in [0.4, 0.5) is 11.6 Å². The number of anilines is 2. The van der Waals surface area contributed by atoms with Crippen molar-refractivity contribution >= 4 is 35.5 Å². The van der Waals surface area contributed by atoms with Crippen LogP contribution in [0.5, 0.6) is 0 Å². The Balaban J connectivity index is -0.000000200. The minimum atomic E-state index is -2.38. The molecular weight excluding hydrogens is 520 g/mol. The average molecular weight is 552 g/mol. The molecule has 0 amide bonds. The van der Waals surface area contributed by atoms with Gasteiger partial charge in [0, 0.05) is 12.1 Å². The first-order valence-corrected chi connectivity index (χ1v) is 9.58. The maximum Gasteiger partial charge on any atom is 0.335 e. The Kier molecular flexibility index (Phi) is 22.2. The number of aliphatic hydroxyl groups excluding tert-OH is 4. The van der Waals surface area contributed by atoms with Gasteiger partial charge in [-0.05, 0) is 37.1 Å². The Hall–Kier alpha value is -4.46. The zero-order valence-electron chi connectivity index (χ0n) is 20.1. The van der Waals surface area contributed by atoms with Crippen molar-refractivity contribution in [3.05, 3.63) is 47.8 Å². The van der Waals surface area contributed by atoms with Crippen LogP contribution in [0, 0.1) is 13.8 Å². The van der Waals surface area contributed by atoms with Gasteiger partial charge in [-0.2, -0.15) is 0 Å². The van der Waals surface area contributed by atoms with Crippen molar-refractivity contribution in [1.29, 1.82) is 0 Å². The van der Waals surface area contributed by atoms with E-state index in [1.807, 2.05) is 50.5 Å². The fraction of sp³-hybridized carbons (Fsp3) is 0.300. The van der Waals surface area contributed by atoms with Crippen LogP contribution in [0.25, 0.3) is 0 Å². The van der Waals surface area contributed by atoms with Crippen molar-refractivity contribution in [2.45, 2.75) is 38.3 Å². The molecule has 0 unspecified atom stereocenters. The second-order valence-corrected chi connectivity index (χ2v) is 6.74. The number of carbonyl (C=O) groups excluding carboxylic acids is 2. The number of carboxylic acids is 4. The van der Waals surface area contributed by atoms with E-state index in [0.29, 0.717) is 11.6 Å². The molecule has 2 aromatic heterocycles. The lowest BCUT2D eigenvalue weighted by atomic mass is 10.2. The molecule has 0 saturated heterocycles. The van der Waals surface area contributed by atoms with Crippen molar-refractivity contribution in [2.75, 3.05) is 11.5 Å². The Morgan fingerprint density at radius 3 is 1.05 bits per heavy atom. The standard InChI is InChI=1S/2C6H8N2.2C4H6O6.2H2O/c2*1-5-2-3-8-6(7)4-5;2*5-1(3(7)8)2(6)4(9)10;;/h2*2-4H,1H3,(H2,7,8);2*1-2,5-6H,(H,7,8)(H,9,10);2*1H2/t;;2*1-,2-;;/m..11../s1. The molecule has 2 rings (SSSR count). The predicted molar refractivity (Wildman–Crippen MR) is 121 cm³/mol. The van der Waals surface area contributed by atoms with Gasteiger partial charge in [0.05, 0.1) is 24.3 Å². The van der Waals surface area contributed by atoms with Crippen LogP contribution in [-0.4, -0.2) is 89.9 Å². The van der Waals surface area contributed by atoms with Gasteiger partial charge in [-0.1, -0.05) is 0 Å². The molecule has 0 aliphatic rings. The summed E-state index contributed by atoms with van der Waals surface area (Å²) in [4.78, 5) is 44.5. The number of H-pyrrole nitrogens is 2. The van der Waals surface area contributed by atoms with Crippen molar-refractivity contribution in [3.8, 4) is 0 Å². The Morgan fingerprint density at radius 2 is 0.947 bits per heavy atom. The monoisotopic (exact) mass is 552 g/mol. The lowest BCUT2D eigenvalue weighted by Gasteiger charge is -2.13. The van der Waals surface area contributed by atoms with Crippen LogP contribution in [0.1, 0.15) is 11.1 Å². The normalized spacial score (nSPS) is 12.2. The smallest absolute Gasteiger partial charge is 0.335 e. The fourth-order valence-corrected chi connectivity index (χ4v) is 1.74. The van der Waals surface area contributed by atoms with Gasteiger partial charge in [0.15, 0.2) is 12.2 Å². The highest BCUT2D eigenvalue weighted by atomic mass is 16.4. The minimum Gasteiger partial charge on any atom is -0.547 e. The Bertz CT molecular complexity index is 857. The van der Waals surface area contributed by atoms with Gasteiger partial charge in [-0.25, -0.2) is 19.6 Å². The van der Waals surface area contributed by atoms with E-state index in [1.165, 1.54) is 11.1 Å². The molecule has 0 spiro atoms. The molecule has 0 fully saturated rings. The number of aliphatic hydroxyl groups is 4. The molecule has 18 nitrogen and oxygen atoms in total. The third kappa shape index (κ3) is 18.8. The van der Waals surface area contributed by atoms with E-state index < -0.39 is 48.3 Å². The van der Waals surface area contributed by atoms with E-state index >= 15 is 0 Å². The molecule has 18 heteroatoms. The number of hydrogen-bond donors (Lipinski definition) is 8. The summed E-state index contributed by atoms with van der Waals surface area (Å²) in [6.45, 7) is 4.01. The molecule has 0 bridgehead atoms. The van der Waals surface area contributed by atoms with Crippen LogP contribution in [-0.2, 0) is 19.2 Å². The maximum absolute atomic E-state index is 9.74. The topological polar surface area (TPSA) is 379 Å². The molecule has 0 aromatic carbocycles. The Labute approximate surface area is 214 Å². The average Bonchev–Trinajstić information content (AvgIpc) is 2.77. The van der Waals surface area contributed by atoms with Crippen molar-refractivity contribution in [3.63, 3.8) is 0 Å². The first-order valence-electron chi connectivity index (χ1n) is 9.58.